The Labute approximate surface area is 225 Å². The van der Waals surface area contributed by atoms with Crippen LogP contribution in [-0.4, -0.2) is 48.8 Å². The van der Waals surface area contributed by atoms with Crippen LogP contribution in [0.1, 0.15) is 46.6 Å². The highest BCUT2D eigenvalue weighted by atomic mass is 32.2. The van der Waals surface area contributed by atoms with Crippen molar-refractivity contribution in [3.05, 3.63) is 69.3 Å². The molecule has 0 aliphatic carbocycles. The summed E-state index contributed by atoms with van der Waals surface area (Å²) in [6.07, 6.45) is 3.58. The Morgan fingerprint density at radius 3 is 2.49 bits per heavy atom. The molecule has 4 N–H and O–H groups in total. The first-order valence-electron chi connectivity index (χ1n) is 12.5. The van der Waals surface area contributed by atoms with Crippen LogP contribution in [0.2, 0.25) is 0 Å². The van der Waals surface area contributed by atoms with E-state index in [-0.39, 0.29) is 16.0 Å². The molecule has 2 heterocycles. The van der Waals surface area contributed by atoms with Crippen LogP contribution in [0.15, 0.2) is 46.1 Å². The summed E-state index contributed by atoms with van der Waals surface area (Å²) in [5.74, 6) is -1.39. The van der Waals surface area contributed by atoms with Crippen LogP contribution in [0.3, 0.4) is 0 Å². The molecule has 1 aliphatic heterocycles. The molecule has 206 valence electrons. The Kier molecular flexibility index (Phi) is 8.41. The van der Waals surface area contributed by atoms with Crippen molar-refractivity contribution < 1.29 is 22.8 Å². The highest BCUT2D eigenvalue weighted by molar-refractivity contribution is 7.89. The van der Waals surface area contributed by atoms with E-state index in [9.17, 15) is 27.6 Å². The third-order valence-corrected chi connectivity index (χ3v) is 7.95. The van der Waals surface area contributed by atoms with E-state index in [0.717, 1.165) is 30.4 Å². The normalized spacial score (nSPS) is 13.3. The molecule has 4 rings (SSSR count). The van der Waals surface area contributed by atoms with Gasteiger partial charge in [-0.1, -0.05) is 12.5 Å². The van der Waals surface area contributed by atoms with Gasteiger partial charge in [0.15, 0.2) is 0 Å². The van der Waals surface area contributed by atoms with Gasteiger partial charge < -0.3 is 5.32 Å². The van der Waals surface area contributed by atoms with Gasteiger partial charge in [0.05, 0.1) is 28.9 Å². The molecule has 0 spiro atoms. The summed E-state index contributed by atoms with van der Waals surface area (Å²) in [5.41, 5.74) is 6.63. The number of nitrogens with zero attached hydrogens (tertiary/aromatic N) is 2. The zero-order valence-electron chi connectivity index (χ0n) is 21.7. The second-order valence-corrected chi connectivity index (χ2v) is 11.1. The highest BCUT2D eigenvalue weighted by Crippen LogP contribution is 2.17. The van der Waals surface area contributed by atoms with Crippen molar-refractivity contribution in [2.24, 2.45) is 0 Å². The number of amides is 3. The standard InChI is InChI=1S/C26H30N6O6S/c1-16-7-9-19(12-17(16)2)39(37,38)28-15-23(33)27-14-24(34)30-31-25(35)18-8-10-20-21(13-18)29-22-6-4-3-5-11-32(22)26(20)36/h7-10,12-13,28H,3-6,11,14-15H2,1-2H3,(H,27,33)(H,30,34)(H,31,35). The fourth-order valence-electron chi connectivity index (χ4n) is 4.17. The molecule has 3 amide bonds. The second-order valence-electron chi connectivity index (χ2n) is 9.38. The number of aryl methyl sites for hydroxylation is 3. The quantitative estimate of drug-likeness (QED) is 0.310. The van der Waals surface area contributed by atoms with E-state index in [4.69, 9.17) is 0 Å². The molecule has 0 saturated carbocycles. The molecule has 2 aromatic carbocycles. The lowest BCUT2D eigenvalue weighted by molar-refractivity contribution is -0.125. The third kappa shape index (κ3) is 6.67. The van der Waals surface area contributed by atoms with E-state index in [2.05, 4.69) is 25.9 Å². The molecule has 13 heteroatoms. The Bertz CT molecular complexity index is 1620. The molecule has 12 nitrogen and oxygen atoms in total. The predicted molar refractivity (Wildman–Crippen MR) is 143 cm³/mol. The second kappa shape index (κ2) is 11.7. The number of carbonyl (C=O) groups excluding carboxylic acids is 3. The van der Waals surface area contributed by atoms with Gasteiger partial charge in [-0.15, -0.1) is 0 Å². The van der Waals surface area contributed by atoms with E-state index >= 15 is 0 Å². The number of carbonyl (C=O) groups is 3. The van der Waals surface area contributed by atoms with E-state index in [1.807, 2.05) is 6.92 Å². The van der Waals surface area contributed by atoms with E-state index in [1.165, 1.54) is 24.3 Å². The van der Waals surface area contributed by atoms with Gasteiger partial charge in [-0.2, -0.15) is 0 Å². The minimum absolute atomic E-state index is 0.0309. The maximum Gasteiger partial charge on any atom is 0.269 e. The Hall–Kier alpha value is -4.10. The summed E-state index contributed by atoms with van der Waals surface area (Å²) in [5, 5.41) is 2.69. The van der Waals surface area contributed by atoms with Crippen LogP contribution in [-0.2, 0) is 32.6 Å². The smallest absolute Gasteiger partial charge is 0.269 e. The van der Waals surface area contributed by atoms with Gasteiger partial charge in [-0.25, -0.2) is 18.1 Å². The zero-order valence-corrected chi connectivity index (χ0v) is 22.5. The molecule has 0 saturated heterocycles. The lowest BCUT2D eigenvalue weighted by atomic mass is 10.1. The van der Waals surface area contributed by atoms with E-state index < -0.39 is 40.8 Å². The molecule has 39 heavy (non-hydrogen) atoms. The average Bonchev–Trinajstić information content (AvgIpc) is 3.16. The first-order chi connectivity index (χ1) is 18.5. The number of rotatable bonds is 7. The molecule has 1 aliphatic rings. The molecule has 1 aromatic heterocycles. The van der Waals surface area contributed by atoms with E-state index in [1.54, 1.807) is 23.6 Å². The summed E-state index contributed by atoms with van der Waals surface area (Å²) >= 11 is 0. The van der Waals surface area contributed by atoms with Gasteiger partial charge in [-0.05, 0) is 68.1 Å². The number of fused-ring (bicyclic) bond motifs is 2. The molecule has 0 bridgehead atoms. The third-order valence-electron chi connectivity index (χ3n) is 6.55. The first kappa shape index (κ1) is 27.9. The monoisotopic (exact) mass is 554 g/mol. The molecule has 0 atom stereocenters. The minimum atomic E-state index is -3.91. The summed E-state index contributed by atoms with van der Waals surface area (Å²) < 4.78 is 28.7. The molecular weight excluding hydrogens is 524 g/mol. The number of nitrogens with one attached hydrogen (secondary N) is 4. The number of aromatic nitrogens is 2. The summed E-state index contributed by atoms with van der Waals surface area (Å²) in [6, 6.07) is 9.13. The van der Waals surface area contributed by atoms with Gasteiger partial charge >= 0.3 is 0 Å². The maximum absolute atomic E-state index is 12.8. The van der Waals surface area contributed by atoms with Gasteiger partial charge in [0.2, 0.25) is 15.9 Å². The molecule has 0 fully saturated rings. The topological polar surface area (TPSA) is 168 Å². The number of hydrogen-bond acceptors (Lipinski definition) is 7. The van der Waals surface area contributed by atoms with Crippen molar-refractivity contribution in [3.8, 4) is 0 Å². The van der Waals surface area contributed by atoms with Gasteiger partial charge in [0.25, 0.3) is 17.4 Å². The summed E-state index contributed by atoms with van der Waals surface area (Å²) in [6.45, 7) is 3.20. The molecule has 0 unspecified atom stereocenters. The Morgan fingerprint density at radius 1 is 0.923 bits per heavy atom. The lowest BCUT2D eigenvalue weighted by Crippen LogP contribution is -2.47. The Balaban J connectivity index is 1.28. The zero-order chi connectivity index (χ0) is 28.2. The maximum atomic E-state index is 12.8. The predicted octanol–water partition coefficient (Wildman–Crippen LogP) is 0.595. The fraction of sp³-hybridized carbons (Fsp3) is 0.346. The number of hydrazine groups is 1. The Morgan fingerprint density at radius 2 is 1.72 bits per heavy atom. The fourth-order valence-corrected chi connectivity index (χ4v) is 5.24. The van der Waals surface area contributed by atoms with Crippen molar-refractivity contribution in [1.29, 1.82) is 0 Å². The summed E-state index contributed by atoms with van der Waals surface area (Å²) in [4.78, 5) is 54.1. The number of benzene rings is 2. The van der Waals surface area contributed by atoms with Crippen molar-refractivity contribution in [3.63, 3.8) is 0 Å². The first-order valence-corrected chi connectivity index (χ1v) is 14.0. The van der Waals surface area contributed by atoms with Gasteiger partial charge in [-0.3, -0.25) is 34.6 Å². The van der Waals surface area contributed by atoms with Crippen LogP contribution in [0.25, 0.3) is 10.9 Å². The van der Waals surface area contributed by atoms with Gasteiger partial charge in [0, 0.05) is 18.5 Å². The van der Waals surface area contributed by atoms with Crippen molar-refractivity contribution in [2.75, 3.05) is 13.1 Å². The number of sulfonamides is 1. The van der Waals surface area contributed by atoms with Gasteiger partial charge in [0.1, 0.15) is 5.82 Å². The molecular formula is C26H30N6O6S. The molecule has 3 aromatic rings. The average molecular weight is 555 g/mol. The van der Waals surface area contributed by atoms with Crippen molar-refractivity contribution in [1.82, 2.24) is 30.4 Å². The van der Waals surface area contributed by atoms with Crippen LogP contribution in [0, 0.1) is 13.8 Å². The van der Waals surface area contributed by atoms with Crippen molar-refractivity contribution in [2.45, 2.75) is 51.0 Å². The van der Waals surface area contributed by atoms with E-state index in [0.29, 0.717) is 29.7 Å². The lowest BCUT2D eigenvalue weighted by Gasteiger charge is -2.12. The van der Waals surface area contributed by atoms with Crippen LogP contribution < -0.4 is 26.4 Å². The van der Waals surface area contributed by atoms with Crippen LogP contribution in [0.5, 0.6) is 0 Å². The van der Waals surface area contributed by atoms with Crippen LogP contribution in [0.4, 0.5) is 0 Å². The summed E-state index contributed by atoms with van der Waals surface area (Å²) in [7, 11) is -3.91. The highest BCUT2D eigenvalue weighted by Gasteiger charge is 2.18. The largest absolute Gasteiger partial charge is 0.346 e. The number of hydrogen-bond donors (Lipinski definition) is 4. The SMILES string of the molecule is Cc1ccc(S(=O)(=O)NCC(=O)NCC(=O)NNC(=O)c2ccc3c(=O)n4c(nc3c2)CCCCC4)cc1C. The molecule has 0 radical (unpaired) electrons. The van der Waals surface area contributed by atoms with Crippen molar-refractivity contribution >= 4 is 38.6 Å². The minimum Gasteiger partial charge on any atom is -0.346 e. The van der Waals surface area contributed by atoms with Crippen LogP contribution >= 0.6 is 0 Å².